The summed E-state index contributed by atoms with van der Waals surface area (Å²) in [4.78, 5) is 41.2. The molecule has 0 unspecified atom stereocenters. The van der Waals surface area contributed by atoms with Crippen molar-refractivity contribution in [3.8, 4) is 0 Å². The van der Waals surface area contributed by atoms with Gasteiger partial charge in [0.1, 0.15) is 0 Å². The quantitative estimate of drug-likeness (QED) is 0.411. The maximum atomic E-state index is 10.4. The van der Waals surface area contributed by atoms with Gasteiger partial charge in [-0.1, -0.05) is 38.8 Å². The second-order valence-electron chi connectivity index (χ2n) is 3.03. The van der Waals surface area contributed by atoms with Gasteiger partial charge in [-0.05, 0) is 6.42 Å². The van der Waals surface area contributed by atoms with Gasteiger partial charge in [-0.3, -0.25) is 19.2 Å². The zero-order chi connectivity index (χ0) is 14.2. The van der Waals surface area contributed by atoms with E-state index >= 15 is 0 Å². The number of alkyl halides is 2. The Morgan fingerprint density at radius 2 is 1.41 bits per heavy atom. The smallest absolute Gasteiger partial charge is 0.254 e. The molecule has 0 aliphatic heterocycles. The average molecular weight is 374 g/mol. The van der Waals surface area contributed by atoms with E-state index in [4.69, 9.17) is 11.5 Å². The van der Waals surface area contributed by atoms with Crippen LogP contribution in [0.15, 0.2) is 0 Å². The maximum absolute atomic E-state index is 10.4. The Kier molecular flexibility index (Phi) is 9.13. The van der Waals surface area contributed by atoms with Crippen molar-refractivity contribution < 1.29 is 19.2 Å². The minimum absolute atomic E-state index is 0.257. The number of halogens is 2. The zero-order valence-corrected chi connectivity index (χ0v) is 12.6. The number of ketones is 2. The van der Waals surface area contributed by atoms with Crippen LogP contribution in [0.3, 0.4) is 0 Å². The summed E-state index contributed by atoms with van der Waals surface area (Å²) in [7, 11) is 0. The Balaban J connectivity index is 0. The van der Waals surface area contributed by atoms with Crippen molar-refractivity contribution in [2.24, 2.45) is 11.5 Å². The van der Waals surface area contributed by atoms with E-state index in [1.807, 2.05) is 6.92 Å². The molecule has 4 N–H and O–H groups in total. The summed E-state index contributed by atoms with van der Waals surface area (Å²) in [5, 5.41) is 0. The van der Waals surface area contributed by atoms with Crippen LogP contribution in [0.4, 0.5) is 0 Å². The van der Waals surface area contributed by atoms with E-state index in [-0.39, 0.29) is 11.6 Å². The van der Waals surface area contributed by atoms with Gasteiger partial charge in [0.05, 0.1) is 0 Å². The fraction of sp³-hybridized carbons (Fsp3) is 0.556. The lowest BCUT2D eigenvalue weighted by molar-refractivity contribution is -0.135. The van der Waals surface area contributed by atoms with E-state index in [0.29, 0.717) is 6.42 Å². The molecule has 0 aromatic carbocycles. The second kappa shape index (κ2) is 8.35. The van der Waals surface area contributed by atoms with Crippen LogP contribution < -0.4 is 11.5 Å². The summed E-state index contributed by atoms with van der Waals surface area (Å²) < 4.78 is -1.60. The van der Waals surface area contributed by atoms with E-state index in [2.05, 4.69) is 31.9 Å². The normalized spacial score (nSPS) is 9.88. The lowest BCUT2D eigenvalue weighted by Crippen LogP contribution is -2.43. The van der Waals surface area contributed by atoms with Crippen LogP contribution >= 0.6 is 31.9 Å². The summed E-state index contributed by atoms with van der Waals surface area (Å²) in [6.07, 6.45) is 1.16. The number of carbonyl (C=O) groups is 4. The van der Waals surface area contributed by atoms with E-state index in [1.165, 1.54) is 6.92 Å². The standard InChI is InChI=1S/C6H10O2.C3H4Br2N2O2/c1-3-4-6(8)5(2)7;4-3(5,1(6)8)2(7)9/h3-4H2,1-2H3;(H2,6,8)(H2,7,9). The van der Waals surface area contributed by atoms with Crippen LogP contribution in [0, 0.1) is 0 Å². The molecular formula is C9H14Br2N2O4. The minimum atomic E-state index is -1.60. The maximum Gasteiger partial charge on any atom is 0.254 e. The average Bonchev–Trinajstić information content (AvgIpc) is 2.18. The monoisotopic (exact) mass is 372 g/mol. The van der Waals surface area contributed by atoms with Crippen molar-refractivity contribution in [3.63, 3.8) is 0 Å². The molecule has 0 saturated carbocycles. The third-order valence-electron chi connectivity index (χ3n) is 1.49. The molecule has 8 heteroatoms. The van der Waals surface area contributed by atoms with Gasteiger partial charge in [0.25, 0.3) is 11.8 Å². The van der Waals surface area contributed by atoms with Crippen LogP contribution in [0.5, 0.6) is 0 Å². The third kappa shape index (κ3) is 8.03. The number of hydrogen-bond acceptors (Lipinski definition) is 4. The summed E-state index contributed by atoms with van der Waals surface area (Å²) in [6.45, 7) is 3.18. The first-order chi connectivity index (χ1) is 7.57. The van der Waals surface area contributed by atoms with Crippen molar-refractivity contribution in [1.29, 1.82) is 0 Å². The predicted octanol–water partition coefficient (Wildman–Crippen LogP) is 0.388. The first-order valence-electron chi connectivity index (χ1n) is 4.58. The Bertz CT molecular complexity index is 313. The molecule has 0 aromatic rings. The molecule has 17 heavy (non-hydrogen) atoms. The van der Waals surface area contributed by atoms with Gasteiger partial charge in [0.2, 0.25) is 3.23 Å². The van der Waals surface area contributed by atoms with Crippen LogP contribution in [-0.2, 0) is 19.2 Å². The number of hydrogen-bond donors (Lipinski definition) is 2. The number of rotatable bonds is 5. The molecule has 0 aliphatic carbocycles. The highest BCUT2D eigenvalue weighted by molar-refractivity contribution is 9.26. The molecule has 0 aliphatic rings. The minimum Gasteiger partial charge on any atom is -0.367 e. The first kappa shape index (κ1) is 18.6. The van der Waals surface area contributed by atoms with E-state index in [1.54, 1.807) is 0 Å². The van der Waals surface area contributed by atoms with Crippen LogP contribution in [-0.4, -0.2) is 26.6 Å². The molecule has 6 nitrogen and oxygen atoms in total. The molecule has 0 atom stereocenters. The predicted molar refractivity (Wildman–Crippen MR) is 69.6 cm³/mol. The van der Waals surface area contributed by atoms with Crippen molar-refractivity contribution in [1.82, 2.24) is 0 Å². The van der Waals surface area contributed by atoms with Crippen LogP contribution in [0.2, 0.25) is 0 Å². The summed E-state index contributed by atoms with van der Waals surface area (Å²) in [5.41, 5.74) is 9.48. The Morgan fingerprint density at radius 1 is 1.06 bits per heavy atom. The van der Waals surface area contributed by atoms with Crippen molar-refractivity contribution in [2.75, 3.05) is 0 Å². The highest BCUT2D eigenvalue weighted by Gasteiger charge is 2.36. The van der Waals surface area contributed by atoms with Crippen LogP contribution in [0.1, 0.15) is 26.7 Å². The van der Waals surface area contributed by atoms with Gasteiger partial charge in [-0.15, -0.1) is 0 Å². The van der Waals surface area contributed by atoms with Gasteiger partial charge in [-0.25, -0.2) is 0 Å². The highest BCUT2D eigenvalue weighted by Crippen LogP contribution is 2.24. The Hall–Kier alpha value is -0.760. The lowest BCUT2D eigenvalue weighted by Gasteiger charge is -2.09. The molecular weight excluding hydrogens is 360 g/mol. The third-order valence-corrected chi connectivity index (χ3v) is 3.05. The van der Waals surface area contributed by atoms with Crippen molar-refractivity contribution >= 4 is 55.2 Å². The Labute approximate surface area is 116 Å². The van der Waals surface area contributed by atoms with E-state index in [0.717, 1.165) is 6.42 Å². The molecule has 0 fully saturated rings. The number of nitrogens with two attached hydrogens (primary N) is 2. The number of primary amides is 2. The van der Waals surface area contributed by atoms with Gasteiger partial charge in [0, 0.05) is 13.3 Å². The van der Waals surface area contributed by atoms with Gasteiger partial charge < -0.3 is 11.5 Å². The largest absolute Gasteiger partial charge is 0.367 e. The van der Waals surface area contributed by atoms with Gasteiger partial charge in [0.15, 0.2) is 11.6 Å². The van der Waals surface area contributed by atoms with Crippen molar-refractivity contribution in [2.45, 2.75) is 29.9 Å². The fourth-order valence-electron chi connectivity index (χ4n) is 0.525. The zero-order valence-electron chi connectivity index (χ0n) is 9.46. The molecule has 0 rings (SSSR count). The molecule has 0 bridgehead atoms. The van der Waals surface area contributed by atoms with Crippen LogP contribution in [0.25, 0.3) is 0 Å². The molecule has 98 valence electrons. The van der Waals surface area contributed by atoms with E-state index < -0.39 is 15.0 Å². The molecule has 2 amide bonds. The van der Waals surface area contributed by atoms with Crippen molar-refractivity contribution in [3.05, 3.63) is 0 Å². The summed E-state index contributed by atoms with van der Waals surface area (Å²) >= 11 is 5.36. The summed E-state index contributed by atoms with van der Waals surface area (Å²) in [5.74, 6) is -2.32. The molecule has 0 radical (unpaired) electrons. The molecule has 0 heterocycles. The molecule has 0 spiro atoms. The molecule has 0 aromatic heterocycles. The SMILES string of the molecule is CCCC(=O)C(C)=O.NC(=O)C(Br)(Br)C(N)=O. The topological polar surface area (TPSA) is 120 Å². The number of Topliss-reactive ketones (excluding diaryl/α,β-unsaturated/α-hetero) is 2. The number of amides is 2. The molecule has 0 saturated heterocycles. The first-order valence-corrected chi connectivity index (χ1v) is 6.17. The second-order valence-corrected chi connectivity index (χ2v) is 6.48. The lowest BCUT2D eigenvalue weighted by atomic mass is 10.2. The fourth-order valence-corrected chi connectivity index (χ4v) is 0.525. The van der Waals surface area contributed by atoms with Gasteiger partial charge >= 0.3 is 0 Å². The number of carbonyl (C=O) groups excluding carboxylic acids is 4. The highest BCUT2D eigenvalue weighted by atomic mass is 79.9. The summed E-state index contributed by atoms with van der Waals surface area (Å²) in [6, 6.07) is 0. The Morgan fingerprint density at radius 3 is 1.47 bits per heavy atom. The van der Waals surface area contributed by atoms with E-state index in [9.17, 15) is 19.2 Å². The van der Waals surface area contributed by atoms with Gasteiger partial charge in [-0.2, -0.15) is 0 Å².